The number of thioether (sulfide) groups is 2. The first-order valence-corrected chi connectivity index (χ1v) is 15.3. The lowest BCUT2D eigenvalue weighted by atomic mass is 10.1. The standard InChI is InChI=1S/C30H32N10O2S2/c31-25(43-29(33)37-27(41)17-21-5-3-7-23(15-21)39-13-11-35-19-39)9-1-2-10-26(32)44-30(34)38-28(42)18-22-6-4-8-24(16-22)40-14-12-36-20-40/h3-8,11-16,19-20,31-32H,1-2,9-10,17-18H2,(H2,33,37,41)(H2,34,38,42). The average Bonchev–Trinajstić information content (AvgIpc) is 3.71. The summed E-state index contributed by atoms with van der Waals surface area (Å²) in [5.41, 5.74) is 9.27. The molecule has 0 aliphatic rings. The van der Waals surface area contributed by atoms with E-state index < -0.39 is 5.91 Å². The molecule has 0 bridgehead atoms. The molecule has 2 heterocycles. The topological polar surface area (TPSA) is 192 Å². The number of amidine groups is 2. The van der Waals surface area contributed by atoms with Crippen molar-refractivity contribution < 1.29 is 9.59 Å². The molecule has 0 saturated carbocycles. The van der Waals surface area contributed by atoms with Gasteiger partial charge in [0.05, 0.1) is 35.6 Å². The van der Waals surface area contributed by atoms with E-state index in [0.29, 0.717) is 25.7 Å². The van der Waals surface area contributed by atoms with Gasteiger partial charge in [-0.3, -0.25) is 25.8 Å². The monoisotopic (exact) mass is 628 g/mol. The Morgan fingerprint density at radius 3 is 1.91 bits per heavy atom. The van der Waals surface area contributed by atoms with Crippen LogP contribution in [0.25, 0.3) is 11.4 Å². The second-order valence-electron chi connectivity index (χ2n) is 9.61. The number of amides is 2. The van der Waals surface area contributed by atoms with Crippen LogP contribution in [0.15, 0.2) is 91.0 Å². The maximum atomic E-state index is 12.4. The number of hydrogen-bond acceptors (Lipinski definition) is 9. The Balaban J connectivity index is 1.10. The molecule has 0 aliphatic carbocycles. The van der Waals surface area contributed by atoms with Crippen LogP contribution in [0.5, 0.6) is 0 Å². The van der Waals surface area contributed by atoms with Crippen molar-refractivity contribution in [3.8, 4) is 11.4 Å². The summed E-state index contributed by atoms with van der Waals surface area (Å²) in [4.78, 5) is 36.8. The number of carbonyl (C=O) groups is 2. The van der Waals surface area contributed by atoms with Gasteiger partial charge in [0.25, 0.3) is 5.91 Å². The second-order valence-corrected chi connectivity index (χ2v) is 11.8. The van der Waals surface area contributed by atoms with Gasteiger partial charge in [-0.1, -0.05) is 24.3 Å². The predicted octanol–water partition coefficient (Wildman–Crippen LogP) is 4.72. The molecule has 0 atom stereocenters. The summed E-state index contributed by atoms with van der Waals surface area (Å²) in [6.07, 6.45) is 12.6. The molecule has 4 rings (SSSR count). The van der Waals surface area contributed by atoms with E-state index in [1.165, 1.54) is 0 Å². The van der Waals surface area contributed by atoms with Gasteiger partial charge in [0.2, 0.25) is 5.91 Å². The first-order chi connectivity index (χ1) is 21.2. The zero-order valence-corrected chi connectivity index (χ0v) is 25.4. The number of hydrogen-bond donors (Lipinski definition) is 5. The SMILES string of the molecule is N=C(CCCCC(=N)SC(N)=NC(=O)Cc1cccc(-n2ccnc2)c1)SC(=N)NC(=O)Cc1cccc(-n2ccnc2)c1. The molecule has 6 N–H and O–H groups in total. The molecule has 14 heteroatoms. The highest BCUT2D eigenvalue weighted by Gasteiger charge is 2.11. The third kappa shape index (κ3) is 10.5. The third-order valence-electron chi connectivity index (χ3n) is 6.14. The van der Waals surface area contributed by atoms with Gasteiger partial charge < -0.3 is 20.2 Å². The molecule has 44 heavy (non-hydrogen) atoms. The summed E-state index contributed by atoms with van der Waals surface area (Å²) in [6, 6.07) is 15.0. The van der Waals surface area contributed by atoms with Crippen molar-refractivity contribution in [2.24, 2.45) is 10.7 Å². The fourth-order valence-corrected chi connectivity index (χ4v) is 5.45. The summed E-state index contributed by atoms with van der Waals surface area (Å²) in [7, 11) is 0. The summed E-state index contributed by atoms with van der Waals surface area (Å²) in [5, 5.41) is 27.3. The quantitative estimate of drug-likeness (QED) is 0.0901. The molecular weight excluding hydrogens is 597 g/mol. The Morgan fingerprint density at radius 2 is 1.36 bits per heavy atom. The van der Waals surface area contributed by atoms with Crippen LogP contribution in [0.3, 0.4) is 0 Å². The normalized spacial score (nSPS) is 11.2. The van der Waals surface area contributed by atoms with Gasteiger partial charge in [0, 0.05) is 36.2 Å². The lowest BCUT2D eigenvalue weighted by Crippen LogP contribution is -2.29. The van der Waals surface area contributed by atoms with E-state index in [0.717, 1.165) is 46.0 Å². The number of rotatable bonds is 11. The second kappa shape index (κ2) is 16.1. The van der Waals surface area contributed by atoms with Gasteiger partial charge in [0.15, 0.2) is 10.3 Å². The third-order valence-corrected chi connectivity index (χ3v) is 7.65. The van der Waals surface area contributed by atoms with Crippen molar-refractivity contribution in [2.45, 2.75) is 38.5 Å². The molecule has 12 nitrogen and oxygen atoms in total. The highest BCUT2D eigenvalue weighted by Crippen LogP contribution is 2.16. The van der Waals surface area contributed by atoms with Crippen molar-refractivity contribution in [3.63, 3.8) is 0 Å². The zero-order valence-electron chi connectivity index (χ0n) is 23.8. The van der Waals surface area contributed by atoms with E-state index in [1.54, 1.807) is 25.0 Å². The van der Waals surface area contributed by atoms with Crippen LogP contribution in [0.2, 0.25) is 0 Å². The van der Waals surface area contributed by atoms with Gasteiger partial charge in [-0.2, -0.15) is 4.99 Å². The Bertz CT molecular complexity index is 1650. The fourth-order valence-electron chi connectivity index (χ4n) is 4.14. The smallest absolute Gasteiger partial charge is 0.252 e. The van der Waals surface area contributed by atoms with Gasteiger partial charge in [-0.15, -0.1) is 0 Å². The molecule has 4 aromatic rings. The van der Waals surface area contributed by atoms with Crippen molar-refractivity contribution in [3.05, 3.63) is 97.1 Å². The van der Waals surface area contributed by atoms with E-state index >= 15 is 0 Å². The van der Waals surface area contributed by atoms with Crippen LogP contribution < -0.4 is 11.1 Å². The minimum absolute atomic E-state index is 0.0201. The summed E-state index contributed by atoms with van der Waals surface area (Å²) in [6.45, 7) is 0. The highest BCUT2D eigenvalue weighted by atomic mass is 32.2. The number of aliphatic imine (C=N–C) groups is 1. The lowest BCUT2D eigenvalue weighted by Gasteiger charge is -2.09. The first kappa shape index (κ1) is 32.1. The molecule has 2 aromatic carbocycles. The van der Waals surface area contributed by atoms with E-state index in [2.05, 4.69) is 20.3 Å². The van der Waals surface area contributed by atoms with Crippen LogP contribution in [0.4, 0.5) is 0 Å². The van der Waals surface area contributed by atoms with Crippen LogP contribution in [0, 0.1) is 16.2 Å². The number of nitrogens with two attached hydrogens (primary N) is 1. The number of aromatic nitrogens is 4. The molecule has 0 spiro atoms. The molecular formula is C30H32N10O2S2. The molecule has 2 aromatic heterocycles. The first-order valence-electron chi connectivity index (χ1n) is 13.7. The molecule has 0 unspecified atom stereocenters. The Hall–Kier alpha value is -4.82. The summed E-state index contributed by atoms with van der Waals surface area (Å²) >= 11 is 1.85. The minimum Gasteiger partial charge on any atom is -0.378 e. The number of unbranched alkanes of at least 4 members (excludes halogenated alkanes) is 1. The Morgan fingerprint density at radius 1 is 0.818 bits per heavy atom. The van der Waals surface area contributed by atoms with Gasteiger partial charge in [0.1, 0.15) is 0 Å². The molecule has 226 valence electrons. The molecule has 0 radical (unpaired) electrons. The van der Waals surface area contributed by atoms with Gasteiger partial charge in [-0.05, 0) is 84.6 Å². The fraction of sp³-hybridized carbons (Fsp3) is 0.200. The van der Waals surface area contributed by atoms with Crippen LogP contribution in [0.1, 0.15) is 36.8 Å². The molecule has 0 fully saturated rings. The van der Waals surface area contributed by atoms with E-state index in [-0.39, 0.29) is 39.2 Å². The minimum atomic E-state index is -0.395. The van der Waals surface area contributed by atoms with Crippen molar-refractivity contribution in [1.82, 2.24) is 24.4 Å². The maximum absolute atomic E-state index is 12.4. The van der Waals surface area contributed by atoms with Crippen molar-refractivity contribution in [2.75, 3.05) is 0 Å². The van der Waals surface area contributed by atoms with Crippen LogP contribution >= 0.6 is 23.5 Å². The molecule has 2 amide bonds. The van der Waals surface area contributed by atoms with Crippen molar-refractivity contribution in [1.29, 1.82) is 16.2 Å². The predicted molar refractivity (Wildman–Crippen MR) is 176 cm³/mol. The van der Waals surface area contributed by atoms with E-state index in [9.17, 15) is 9.59 Å². The van der Waals surface area contributed by atoms with E-state index in [1.807, 2.05) is 70.1 Å². The van der Waals surface area contributed by atoms with Gasteiger partial charge in [-0.25, -0.2) is 9.97 Å². The largest absolute Gasteiger partial charge is 0.378 e. The summed E-state index contributed by atoms with van der Waals surface area (Å²) < 4.78 is 3.69. The van der Waals surface area contributed by atoms with Crippen molar-refractivity contribution >= 4 is 55.8 Å². The Kier molecular flexibility index (Phi) is 11.8. The van der Waals surface area contributed by atoms with Crippen LogP contribution in [-0.2, 0) is 22.4 Å². The summed E-state index contributed by atoms with van der Waals surface area (Å²) in [5.74, 6) is -0.724. The number of imidazole rings is 2. The lowest BCUT2D eigenvalue weighted by molar-refractivity contribution is -0.119. The average molecular weight is 629 g/mol. The zero-order chi connectivity index (χ0) is 31.3. The van der Waals surface area contributed by atoms with Crippen LogP contribution in [-0.4, -0.2) is 51.3 Å². The number of benzene rings is 2. The van der Waals surface area contributed by atoms with Gasteiger partial charge >= 0.3 is 0 Å². The molecule has 0 aliphatic heterocycles. The number of nitrogens with zero attached hydrogens (tertiary/aromatic N) is 5. The number of nitrogens with one attached hydrogen (secondary N) is 4. The molecule has 0 saturated heterocycles. The number of carbonyl (C=O) groups excluding carboxylic acids is 2. The highest BCUT2D eigenvalue weighted by molar-refractivity contribution is 8.26. The van der Waals surface area contributed by atoms with E-state index in [4.69, 9.17) is 22.0 Å². The maximum Gasteiger partial charge on any atom is 0.252 e. The Labute approximate surface area is 263 Å².